The van der Waals surface area contributed by atoms with Gasteiger partial charge in [0.1, 0.15) is 11.5 Å². The molecule has 0 bridgehead atoms. The number of phenolic OH excluding ortho intramolecular Hbond substituents is 2. The van der Waals surface area contributed by atoms with Gasteiger partial charge in [0.15, 0.2) is 0 Å². The van der Waals surface area contributed by atoms with Gasteiger partial charge in [-0.25, -0.2) is 0 Å². The first-order chi connectivity index (χ1) is 9.02. The topological polar surface area (TPSA) is 69.7 Å². The molecule has 1 heterocycles. The molecule has 0 radical (unpaired) electrons. The van der Waals surface area contributed by atoms with Gasteiger partial charge in [0.25, 0.3) is 0 Å². The summed E-state index contributed by atoms with van der Waals surface area (Å²) in [5, 5.41) is 19.5. The van der Waals surface area contributed by atoms with Crippen LogP contribution in [0.4, 0.5) is 0 Å². The molecule has 0 saturated carbocycles. The van der Waals surface area contributed by atoms with Gasteiger partial charge in [-0.3, -0.25) is 4.90 Å². The number of nitrogens with zero attached hydrogens (tertiary/aromatic N) is 1. The van der Waals surface area contributed by atoms with Crippen molar-refractivity contribution in [2.45, 2.75) is 38.8 Å². The Morgan fingerprint density at radius 1 is 1.42 bits per heavy atom. The van der Waals surface area contributed by atoms with Gasteiger partial charge in [-0.05, 0) is 37.5 Å². The van der Waals surface area contributed by atoms with Crippen LogP contribution in [0.15, 0.2) is 18.2 Å². The van der Waals surface area contributed by atoms with E-state index in [9.17, 15) is 10.2 Å². The van der Waals surface area contributed by atoms with Crippen molar-refractivity contribution < 1.29 is 10.2 Å². The first kappa shape index (κ1) is 14.2. The maximum atomic E-state index is 9.95. The number of piperidine rings is 1. The molecule has 4 nitrogen and oxygen atoms in total. The fourth-order valence-corrected chi connectivity index (χ4v) is 2.94. The summed E-state index contributed by atoms with van der Waals surface area (Å²) >= 11 is 0. The summed E-state index contributed by atoms with van der Waals surface area (Å²) in [6.45, 7) is 6.13. The first-order valence-electron chi connectivity index (χ1n) is 7.04. The maximum absolute atomic E-state index is 9.95. The summed E-state index contributed by atoms with van der Waals surface area (Å²) < 4.78 is 0. The molecule has 0 spiro atoms. The van der Waals surface area contributed by atoms with Gasteiger partial charge >= 0.3 is 0 Å². The quantitative estimate of drug-likeness (QED) is 0.732. The number of phenols is 2. The van der Waals surface area contributed by atoms with E-state index in [4.69, 9.17) is 5.73 Å². The first-order valence-corrected chi connectivity index (χ1v) is 7.04. The van der Waals surface area contributed by atoms with Crippen LogP contribution in [0, 0.1) is 5.92 Å². The third-order valence-corrected chi connectivity index (χ3v) is 4.36. The van der Waals surface area contributed by atoms with E-state index in [0.29, 0.717) is 5.92 Å². The Kier molecular flexibility index (Phi) is 4.32. The molecule has 4 N–H and O–H groups in total. The minimum absolute atomic E-state index is 0.0913. The fraction of sp³-hybridized carbons (Fsp3) is 0.600. The van der Waals surface area contributed by atoms with Gasteiger partial charge < -0.3 is 15.9 Å². The van der Waals surface area contributed by atoms with Crippen molar-refractivity contribution in [3.05, 3.63) is 23.8 Å². The van der Waals surface area contributed by atoms with Crippen LogP contribution in [0.25, 0.3) is 0 Å². The van der Waals surface area contributed by atoms with Crippen molar-refractivity contribution in [2.24, 2.45) is 11.7 Å². The molecule has 3 atom stereocenters. The number of nitrogens with two attached hydrogens (primary N) is 1. The second-order valence-corrected chi connectivity index (χ2v) is 5.53. The molecule has 1 aliphatic rings. The summed E-state index contributed by atoms with van der Waals surface area (Å²) in [6, 6.07) is 5.08. The fourth-order valence-electron chi connectivity index (χ4n) is 2.94. The average Bonchev–Trinajstić information content (AvgIpc) is 2.41. The van der Waals surface area contributed by atoms with Gasteiger partial charge in [0, 0.05) is 30.7 Å². The van der Waals surface area contributed by atoms with Crippen LogP contribution in [-0.2, 0) is 0 Å². The van der Waals surface area contributed by atoms with Crippen molar-refractivity contribution in [1.82, 2.24) is 4.90 Å². The van der Waals surface area contributed by atoms with E-state index in [0.717, 1.165) is 31.5 Å². The molecule has 1 fully saturated rings. The number of aromatic hydroxyl groups is 2. The lowest BCUT2D eigenvalue weighted by atomic mass is 9.89. The zero-order chi connectivity index (χ0) is 14.0. The Bertz CT molecular complexity index is 436. The van der Waals surface area contributed by atoms with Crippen molar-refractivity contribution >= 4 is 0 Å². The van der Waals surface area contributed by atoms with E-state index < -0.39 is 0 Å². The summed E-state index contributed by atoms with van der Waals surface area (Å²) in [6.07, 6.45) is 2.07. The van der Waals surface area contributed by atoms with E-state index in [1.807, 2.05) is 0 Å². The van der Waals surface area contributed by atoms with Crippen LogP contribution in [0.3, 0.4) is 0 Å². The highest BCUT2D eigenvalue weighted by Crippen LogP contribution is 2.33. The monoisotopic (exact) mass is 264 g/mol. The molecule has 1 aliphatic heterocycles. The highest BCUT2D eigenvalue weighted by atomic mass is 16.3. The van der Waals surface area contributed by atoms with E-state index >= 15 is 0 Å². The number of hydrogen-bond donors (Lipinski definition) is 3. The minimum Gasteiger partial charge on any atom is -0.508 e. The summed E-state index contributed by atoms with van der Waals surface area (Å²) in [4.78, 5) is 2.34. The molecule has 1 aromatic rings. The number of rotatable bonds is 3. The van der Waals surface area contributed by atoms with E-state index in [-0.39, 0.29) is 23.6 Å². The average molecular weight is 264 g/mol. The van der Waals surface area contributed by atoms with Crippen LogP contribution in [-0.4, -0.2) is 34.2 Å². The Hall–Kier alpha value is -1.26. The highest BCUT2D eigenvalue weighted by molar-refractivity contribution is 5.40. The largest absolute Gasteiger partial charge is 0.508 e. The van der Waals surface area contributed by atoms with Gasteiger partial charge in [-0.1, -0.05) is 13.3 Å². The molecule has 0 aromatic heterocycles. The summed E-state index contributed by atoms with van der Waals surface area (Å²) in [5.74, 6) is 0.948. The van der Waals surface area contributed by atoms with Crippen LogP contribution in [0.1, 0.15) is 38.3 Å². The second kappa shape index (κ2) is 5.80. The molecule has 3 unspecified atom stereocenters. The Morgan fingerprint density at radius 3 is 2.84 bits per heavy atom. The van der Waals surface area contributed by atoms with Crippen LogP contribution >= 0.6 is 0 Å². The van der Waals surface area contributed by atoms with Gasteiger partial charge in [0.2, 0.25) is 0 Å². The van der Waals surface area contributed by atoms with Crippen molar-refractivity contribution in [3.63, 3.8) is 0 Å². The van der Waals surface area contributed by atoms with Gasteiger partial charge in [-0.2, -0.15) is 0 Å². The molecule has 0 amide bonds. The number of benzene rings is 1. The molecule has 106 valence electrons. The third-order valence-electron chi connectivity index (χ3n) is 4.36. The lowest BCUT2D eigenvalue weighted by Gasteiger charge is -2.40. The maximum Gasteiger partial charge on any atom is 0.120 e. The zero-order valence-electron chi connectivity index (χ0n) is 11.7. The van der Waals surface area contributed by atoms with Crippen molar-refractivity contribution in [3.8, 4) is 11.5 Å². The molecular formula is C15H24N2O2. The van der Waals surface area contributed by atoms with Gasteiger partial charge in [-0.15, -0.1) is 0 Å². The zero-order valence-corrected chi connectivity index (χ0v) is 11.7. The molecule has 19 heavy (non-hydrogen) atoms. The molecule has 1 saturated heterocycles. The number of hydrogen-bond acceptors (Lipinski definition) is 4. The molecule has 2 rings (SSSR count). The molecule has 0 aliphatic carbocycles. The van der Waals surface area contributed by atoms with Crippen molar-refractivity contribution in [2.75, 3.05) is 13.1 Å². The molecule has 4 heteroatoms. The van der Waals surface area contributed by atoms with E-state index in [1.165, 1.54) is 6.07 Å². The predicted molar refractivity (Wildman–Crippen MR) is 76.1 cm³/mol. The molecular weight excluding hydrogens is 240 g/mol. The lowest BCUT2D eigenvalue weighted by molar-refractivity contribution is 0.113. The highest BCUT2D eigenvalue weighted by Gasteiger charge is 2.29. The van der Waals surface area contributed by atoms with Gasteiger partial charge in [0.05, 0.1) is 0 Å². The SMILES string of the molecule is CCC1CN(C(C)c2cc(O)ccc2O)CCC1N. The van der Waals surface area contributed by atoms with Crippen LogP contribution < -0.4 is 5.73 Å². The Labute approximate surface area is 114 Å². The predicted octanol–water partition coefficient (Wildman–Crippen LogP) is 2.22. The van der Waals surface area contributed by atoms with Crippen LogP contribution in [0.2, 0.25) is 0 Å². The lowest BCUT2D eigenvalue weighted by Crippen LogP contribution is -2.47. The van der Waals surface area contributed by atoms with E-state index in [1.54, 1.807) is 12.1 Å². The normalized spacial score (nSPS) is 26.3. The third kappa shape index (κ3) is 3.01. The second-order valence-electron chi connectivity index (χ2n) is 5.53. The minimum atomic E-state index is 0.0913. The van der Waals surface area contributed by atoms with Crippen LogP contribution in [0.5, 0.6) is 11.5 Å². The van der Waals surface area contributed by atoms with Crippen molar-refractivity contribution in [1.29, 1.82) is 0 Å². The standard InChI is InChI=1S/C15H24N2O2/c1-3-11-9-17(7-6-14(11)16)10(2)13-8-12(18)4-5-15(13)19/h4-5,8,10-11,14,18-19H,3,6-7,9,16H2,1-2H3. The summed E-state index contributed by atoms with van der Waals surface area (Å²) in [7, 11) is 0. The van der Waals surface area contributed by atoms with E-state index in [2.05, 4.69) is 18.7 Å². The molecule has 1 aromatic carbocycles. The summed E-state index contributed by atoms with van der Waals surface area (Å²) in [5.41, 5.74) is 6.91. The smallest absolute Gasteiger partial charge is 0.120 e. The number of likely N-dealkylation sites (tertiary alicyclic amines) is 1. The Balaban J connectivity index is 2.15. The Morgan fingerprint density at radius 2 is 2.16 bits per heavy atom.